The van der Waals surface area contributed by atoms with Crippen LogP contribution in [0.25, 0.3) is 0 Å². The van der Waals surface area contributed by atoms with E-state index in [1.54, 1.807) is 18.2 Å². The van der Waals surface area contributed by atoms with Gasteiger partial charge in [-0.05, 0) is 29.5 Å². The van der Waals surface area contributed by atoms with E-state index in [4.69, 9.17) is 4.74 Å². The highest BCUT2D eigenvalue weighted by Gasteiger charge is 2.25. The van der Waals surface area contributed by atoms with Crippen LogP contribution in [0.2, 0.25) is 0 Å². The van der Waals surface area contributed by atoms with Crippen LogP contribution in [0.15, 0.2) is 34.5 Å². The number of hydrogen-bond acceptors (Lipinski definition) is 7. The van der Waals surface area contributed by atoms with Gasteiger partial charge in [0.15, 0.2) is 0 Å². The number of rotatable bonds is 8. The van der Waals surface area contributed by atoms with Crippen molar-refractivity contribution in [2.75, 3.05) is 30.8 Å². The molecule has 2 rings (SSSR count). The molecule has 0 aliphatic rings. The minimum absolute atomic E-state index is 0.0224. The molecular weight excluding hydrogens is 376 g/mol. The number of nitrogens with one attached hydrogen (secondary N) is 2. The Morgan fingerprint density at radius 2 is 1.96 bits per heavy atom. The quantitative estimate of drug-likeness (QED) is 0.662. The third-order valence-corrected chi connectivity index (χ3v) is 5.88. The van der Waals surface area contributed by atoms with E-state index in [0.29, 0.717) is 11.7 Å². The molecule has 0 atom stereocenters. The van der Waals surface area contributed by atoms with Gasteiger partial charge in [0.25, 0.3) is 10.0 Å². The molecule has 26 heavy (non-hydrogen) atoms. The number of esters is 1. The van der Waals surface area contributed by atoms with Gasteiger partial charge in [-0.3, -0.25) is 4.72 Å². The average molecular weight is 399 g/mol. The van der Waals surface area contributed by atoms with E-state index >= 15 is 0 Å². The highest BCUT2D eigenvalue weighted by atomic mass is 32.2. The number of benzene rings is 1. The first kappa shape index (κ1) is 20.1. The lowest BCUT2D eigenvalue weighted by Crippen LogP contribution is -2.16. The SMILES string of the molecule is COC(=O)c1sccc1S(=O)(=O)Nc1ccc(NCC(C)C)cc1OC. The Bertz CT molecular complexity index is 875. The minimum atomic E-state index is -3.97. The van der Waals surface area contributed by atoms with E-state index in [0.717, 1.165) is 23.6 Å². The van der Waals surface area contributed by atoms with Crippen molar-refractivity contribution >= 4 is 38.7 Å². The molecule has 0 amide bonds. The van der Waals surface area contributed by atoms with Crippen LogP contribution < -0.4 is 14.8 Å². The first-order chi connectivity index (χ1) is 12.3. The molecule has 142 valence electrons. The molecule has 0 saturated heterocycles. The zero-order valence-electron chi connectivity index (χ0n) is 15.0. The third-order valence-electron chi connectivity index (χ3n) is 3.45. The van der Waals surface area contributed by atoms with Crippen LogP contribution >= 0.6 is 11.3 Å². The average Bonchev–Trinajstić information content (AvgIpc) is 3.10. The van der Waals surface area contributed by atoms with E-state index < -0.39 is 16.0 Å². The van der Waals surface area contributed by atoms with Crippen LogP contribution in [-0.4, -0.2) is 35.2 Å². The van der Waals surface area contributed by atoms with E-state index in [1.807, 2.05) is 0 Å². The van der Waals surface area contributed by atoms with Gasteiger partial charge in [0.1, 0.15) is 15.5 Å². The zero-order chi connectivity index (χ0) is 19.3. The lowest BCUT2D eigenvalue weighted by atomic mass is 10.2. The summed E-state index contributed by atoms with van der Waals surface area (Å²) in [6.07, 6.45) is 0. The maximum Gasteiger partial charge on any atom is 0.349 e. The van der Waals surface area contributed by atoms with Crippen molar-refractivity contribution in [3.63, 3.8) is 0 Å². The first-order valence-corrected chi connectivity index (χ1v) is 10.2. The maximum atomic E-state index is 12.7. The topological polar surface area (TPSA) is 93.7 Å². The fraction of sp³-hybridized carbons (Fsp3) is 0.353. The minimum Gasteiger partial charge on any atom is -0.494 e. The number of methoxy groups -OCH3 is 2. The second-order valence-electron chi connectivity index (χ2n) is 5.90. The van der Waals surface area contributed by atoms with Gasteiger partial charge in [-0.15, -0.1) is 11.3 Å². The van der Waals surface area contributed by atoms with Gasteiger partial charge in [0.05, 0.1) is 19.9 Å². The fourth-order valence-electron chi connectivity index (χ4n) is 2.16. The Hall–Kier alpha value is -2.26. The van der Waals surface area contributed by atoms with Crippen LogP contribution in [0.4, 0.5) is 11.4 Å². The van der Waals surface area contributed by atoms with Gasteiger partial charge >= 0.3 is 5.97 Å². The number of carbonyl (C=O) groups is 1. The molecule has 0 radical (unpaired) electrons. The van der Waals surface area contributed by atoms with E-state index in [-0.39, 0.29) is 15.5 Å². The van der Waals surface area contributed by atoms with Crippen molar-refractivity contribution in [3.05, 3.63) is 34.5 Å². The van der Waals surface area contributed by atoms with Gasteiger partial charge in [0.2, 0.25) is 0 Å². The Kier molecular flexibility index (Phi) is 6.49. The Balaban J connectivity index is 2.29. The number of carbonyl (C=O) groups excluding carboxylic acids is 1. The fourth-order valence-corrected chi connectivity index (χ4v) is 4.56. The first-order valence-electron chi connectivity index (χ1n) is 7.89. The summed E-state index contributed by atoms with van der Waals surface area (Å²) in [6, 6.07) is 6.46. The van der Waals surface area contributed by atoms with Crippen molar-refractivity contribution in [3.8, 4) is 5.75 Å². The number of hydrogen-bond donors (Lipinski definition) is 2. The van der Waals surface area contributed by atoms with Crippen LogP contribution in [0.3, 0.4) is 0 Å². The molecule has 0 fully saturated rings. The third kappa shape index (κ3) is 4.67. The summed E-state index contributed by atoms with van der Waals surface area (Å²) in [4.78, 5) is 11.6. The predicted molar refractivity (Wildman–Crippen MR) is 103 cm³/mol. The van der Waals surface area contributed by atoms with E-state index in [2.05, 4.69) is 28.6 Å². The van der Waals surface area contributed by atoms with Crippen LogP contribution in [0.1, 0.15) is 23.5 Å². The molecule has 7 nitrogen and oxygen atoms in total. The number of thiophene rings is 1. The summed E-state index contributed by atoms with van der Waals surface area (Å²) in [7, 11) is -1.30. The molecule has 1 aromatic carbocycles. The largest absolute Gasteiger partial charge is 0.494 e. The zero-order valence-corrected chi connectivity index (χ0v) is 16.7. The van der Waals surface area contributed by atoms with E-state index in [9.17, 15) is 13.2 Å². The number of anilines is 2. The van der Waals surface area contributed by atoms with Gasteiger partial charge in [-0.25, -0.2) is 13.2 Å². The van der Waals surface area contributed by atoms with Gasteiger partial charge in [0, 0.05) is 18.3 Å². The molecule has 1 heterocycles. The molecule has 0 aliphatic carbocycles. The van der Waals surface area contributed by atoms with E-state index in [1.165, 1.54) is 25.7 Å². The van der Waals surface area contributed by atoms with Crippen molar-refractivity contribution in [2.24, 2.45) is 5.92 Å². The number of sulfonamides is 1. The summed E-state index contributed by atoms with van der Waals surface area (Å²) >= 11 is 1.01. The smallest absolute Gasteiger partial charge is 0.349 e. The van der Waals surface area contributed by atoms with Crippen LogP contribution in [0.5, 0.6) is 5.75 Å². The van der Waals surface area contributed by atoms with Gasteiger partial charge in [-0.1, -0.05) is 13.8 Å². The summed E-state index contributed by atoms with van der Waals surface area (Å²) in [5, 5.41) is 4.78. The summed E-state index contributed by atoms with van der Waals surface area (Å²) in [6.45, 7) is 4.96. The lowest BCUT2D eigenvalue weighted by molar-refractivity contribution is 0.0602. The molecule has 0 saturated carbocycles. The maximum absolute atomic E-state index is 12.7. The molecule has 0 aliphatic heterocycles. The second kappa shape index (κ2) is 8.41. The Morgan fingerprint density at radius 3 is 2.58 bits per heavy atom. The van der Waals surface area contributed by atoms with Gasteiger partial charge < -0.3 is 14.8 Å². The van der Waals surface area contributed by atoms with Crippen LogP contribution in [-0.2, 0) is 14.8 Å². The van der Waals surface area contributed by atoms with Crippen molar-refractivity contribution in [1.82, 2.24) is 0 Å². The Morgan fingerprint density at radius 1 is 1.23 bits per heavy atom. The molecule has 1 aromatic heterocycles. The molecule has 0 spiro atoms. The molecule has 2 aromatic rings. The highest BCUT2D eigenvalue weighted by Crippen LogP contribution is 2.31. The summed E-state index contributed by atoms with van der Waals surface area (Å²) in [5.74, 6) is 0.146. The molecule has 2 N–H and O–H groups in total. The summed E-state index contributed by atoms with van der Waals surface area (Å²) < 4.78 is 37.8. The summed E-state index contributed by atoms with van der Waals surface area (Å²) in [5.41, 5.74) is 1.11. The highest BCUT2D eigenvalue weighted by molar-refractivity contribution is 7.93. The molecule has 0 unspecified atom stereocenters. The van der Waals surface area contributed by atoms with Crippen molar-refractivity contribution < 1.29 is 22.7 Å². The number of ether oxygens (including phenoxy) is 2. The van der Waals surface area contributed by atoms with Crippen molar-refractivity contribution in [1.29, 1.82) is 0 Å². The standard InChI is InChI=1S/C17H22N2O5S2/c1-11(2)10-18-12-5-6-13(14(9-12)23-3)19-26(21,22)15-7-8-25-16(15)17(20)24-4/h5-9,11,18-19H,10H2,1-4H3. The molecule has 0 bridgehead atoms. The lowest BCUT2D eigenvalue weighted by Gasteiger charge is -2.15. The molecular formula is C17H22N2O5S2. The predicted octanol–water partition coefficient (Wildman–Crippen LogP) is 3.41. The normalized spacial score (nSPS) is 11.3. The van der Waals surface area contributed by atoms with Crippen molar-refractivity contribution in [2.45, 2.75) is 18.7 Å². The molecule has 9 heteroatoms. The van der Waals surface area contributed by atoms with Gasteiger partial charge in [-0.2, -0.15) is 0 Å². The monoisotopic (exact) mass is 398 g/mol. The Labute approximate surface area is 157 Å². The van der Waals surface area contributed by atoms with Crippen LogP contribution in [0, 0.1) is 5.92 Å². The second-order valence-corrected chi connectivity index (χ2v) is 8.47.